The third-order valence-corrected chi connectivity index (χ3v) is 3.98. The summed E-state index contributed by atoms with van der Waals surface area (Å²) in [5.41, 5.74) is 0. The van der Waals surface area contributed by atoms with E-state index in [1.807, 2.05) is 0 Å². The molecule has 0 aliphatic carbocycles. The van der Waals surface area contributed by atoms with Gasteiger partial charge >= 0.3 is 0 Å². The summed E-state index contributed by atoms with van der Waals surface area (Å²) in [6.45, 7) is 3.48. The van der Waals surface area contributed by atoms with Gasteiger partial charge in [0, 0.05) is 16.3 Å². The van der Waals surface area contributed by atoms with Crippen molar-refractivity contribution in [2.75, 3.05) is 13.2 Å². The summed E-state index contributed by atoms with van der Waals surface area (Å²) in [7, 11) is 0. The molecule has 0 bridgehead atoms. The average Bonchev–Trinajstić information content (AvgIpc) is 2.73. The summed E-state index contributed by atoms with van der Waals surface area (Å²) >= 11 is 5.11. The zero-order valence-corrected chi connectivity index (χ0v) is 9.78. The van der Waals surface area contributed by atoms with Gasteiger partial charge in [-0.05, 0) is 22.0 Å². The van der Waals surface area contributed by atoms with Crippen LogP contribution in [-0.4, -0.2) is 13.2 Å². The van der Waals surface area contributed by atoms with E-state index in [0.29, 0.717) is 13.2 Å². The highest BCUT2D eigenvalue weighted by molar-refractivity contribution is 9.10. The summed E-state index contributed by atoms with van der Waals surface area (Å²) in [5, 5.41) is 2.05. The molecule has 2 rings (SSSR count). The molecular weight excluding hydrogens is 252 g/mol. The van der Waals surface area contributed by atoms with E-state index >= 15 is 0 Å². The molecule has 4 heteroatoms. The Hall–Kier alpha value is 0.1000. The molecule has 0 aromatic carbocycles. The number of hydrogen-bond acceptors (Lipinski definition) is 3. The molecule has 0 N–H and O–H groups in total. The minimum absolute atomic E-state index is 0.462. The fraction of sp³-hybridized carbons (Fsp3) is 0.556. The standard InChI is InChI=1S/C9H11BrO2S/c1-2-9(11-3-4-12-9)8-5-7(10)6-13-8/h5-6H,2-4H2,1H3. The monoisotopic (exact) mass is 262 g/mol. The minimum atomic E-state index is -0.462. The maximum atomic E-state index is 5.66. The summed E-state index contributed by atoms with van der Waals surface area (Å²) in [6.07, 6.45) is 0.861. The van der Waals surface area contributed by atoms with Crippen LogP contribution in [0.15, 0.2) is 15.9 Å². The predicted molar refractivity (Wildman–Crippen MR) is 55.9 cm³/mol. The van der Waals surface area contributed by atoms with E-state index in [0.717, 1.165) is 15.8 Å². The van der Waals surface area contributed by atoms with Gasteiger partial charge in [0.2, 0.25) is 5.79 Å². The zero-order valence-electron chi connectivity index (χ0n) is 7.38. The van der Waals surface area contributed by atoms with Gasteiger partial charge in [-0.2, -0.15) is 0 Å². The molecule has 1 saturated heterocycles. The maximum Gasteiger partial charge on any atom is 0.204 e. The fourth-order valence-corrected chi connectivity index (χ4v) is 3.09. The molecule has 72 valence electrons. The molecular formula is C9H11BrO2S. The normalized spacial score (nSPS) is 20.8. The Kier molecular flexibility index (Phi) is 2.74. The maximum absolute atomic E-state index is 5.66. The number of hydrogen-bond donors (Lipinski definition) is 0. The lowest BCUT2D eigenvalue weighted by Gasteiger charge is -2.24. The van der Waals surface area contributed by atoms with Gasteiger partial charge in [0.1, 0.15) is 0 Å². The zero-order chi connectivity index (χ0) is 9.31. The molecule has 2 heterocycles. The predicted octanol–water partition coefficient (Wildman–Crippen LogP) is 3.12. The topological polar surface area (TPSA) is 18.5 Å². The number of ether oxygens (including phenoxy) is 2. The molecule has 0 unspecified atom stereocenters. The van der Waals surface area contributed by atoms with Crippen LogP contribution in [0, 0.1) is 0 Å². The molecule has 1 aliphatic rings. The largest absolute Gasteiger partial charge is 0.343 e. The van der Waals surface area contributed by atoms with Crippen LogP contribution in [0.5, 0.6) is 0 Å². The van der Waals surface area contributed by atoms with Crippen molar-refractivity contribution in [2.45, 2.75) is 19.1 Å². The quantitative estimate of drug-likeness (QED) is 0.816. The van der Waals surface area contributed by atoms with Gasteiger partial charge in [-0.3, -0.25) is 0 Å². The third kappa shape index (κ3) is 1.68. The molecule has 0 atom stereocenters. The molecule has 0 amide bonds. The van der Waals surface area contributed by atoms with Crippen LogP contribution in [0.1, 0.15) is 18.2 Å². The lowest BCUT2D eigenvalue weighted by atomic mass is 10.2. The van der Waals surface area contributed by atoms with Crippen LogP contribution in [-0.2, 0) is 15.3 Å². The first-order chi connectivity index (χ1) is 6.27. The minimum Gasteiger partial charge on any atom is -0.343 e. The first kappa shape index (κ1) is 9.65. The van der Waals surface area contributed by atoms with Crippen molar-refractivity contribution in [3.8, 4) is 0 Å². The van der Waals surface area contributed by atoms with E-state index in [1.165, 1.54) is 0 Å². The van der Waals surface area contributed by atoms with Gasteiger partial charge in [0.15, 0.2) is 0 Å². The second kappa shape index (κ2) is 3.69. The molecule has 1 fully saturated rings. The Morgan fingerprint density at radius 3 is 2.69 bits per heavy atom. The van der Waals surface area contributed by atoms with Gasteiger partial charge < -0.3 is 9.47 Å². The summed E-state index contributed by atoms with van der Waals surface area (Å²) < 4.78 is 12.4. The lowest BCUT2D eigenvalue weighted by molar-refractivity contribution is -0.164. The van der Waals surface area contributed by atoms with Crippen LogP contribution >= 0.6 is 27.3 Å². The van der Waals surface area contributed by atoms with Crippen molar-refractivity contribution in [3.63, 3.8) is 0 Å². The Labute approximate surface area is 90.0 Å². The smallest absolute Gasteiger partial charge is 0.204 e. The fourth-order valence-electron chi connectivity index (χ4n) is 1.49. The molecule has 0 radical (unpaired) electrons. The van der Waals surface area contributed by atoms with Crippen LogP contribution in [0.3, 0.4) is 0 Å². The highest BCUT2D eigenvalue weighted by atomic mass is 79.9. The van der Waals surface area contributed by atoms with E-state index < -0.39 is 5.79 Å². The van der Waals surface area contributed by atoms with Gasteiger partial charge in [0.05, 0.1) is 18.1 Å². The van der Waals surface area contributed by atoms with Crippen molar-refractivity contribution in [2.24, 2.45) is 0 Å². The van der Waals surface area contributed by atoms with Gasteiger partial charge in [0.25, 0.3) is 0 Å². The number of thiophene rings is 1. The van der Waals surface area contributed by atoms with Gasteiger partial charge in [-0.25, -0.2) is 0 Å². The lowest BCUT2D eigenvalue weighted by Crippen LogP contribution is -2.24. The van der Waals surface area contributed by atoms with Gasteiger partial charge in [-0.15, -0.1) is 11.3 Å². The first-order valence-electron chi connectivity index (χ1n) is 4.29. The summed E-state index contributed by atoms with van der Waals surface area (Å²) in [5.74, 6) is -0.462. The van der Waals surface area contributed by atoms with E-state index in [2.05, 4.69) is 34.3 Å². The van der Waals surface area contributed by atoms with Crippen LogP contribution in [0.2, 0.25) is 0 Å². The Morgan fingerprint density at radius 2 is 2.23 bits per heavy atom. The second-order valence-electron chi connectivity index (χ2n) is 2.93. The molecule has 1 aromatic rings. The first-order valence-corrected chi connectivity index (χ1v) is 5.96. The van der Waals surface area contributed by atoms with Gasteiger partial charge in [-0.1, -0.05) is 6.92 Å². The second-order valence-corrected chi connectivity index (χ2v) is 4.76. The highest BCUT2D eigenvalue weighted by Crippen LogP contribution is 2.39. The molecule has 0 spiro atoms. The van der Waals surface area contributed by atoms with Crippen LogP contribution in [0.25, 0.3) is 0 Å². The van der Waals surface area contributed by atoms with E-state index in [1.54, 1.807) is 11.3 Å². The van der Waals surface area contributed by atoms with E-state index in [4.69, 9.17) is 9.47 Å². The molecule has 1 aliphatic heterocycles. The van der Waals surface area contributed by atoms with Crippen LogP contribution in [0.4, 0.5) is 0 Å². The molecule has 1 aromatic heterocycles. The number of rotatable bonds is 2. The van der Waals surface area contributed by atoms with Crippen LogP contribution < -0.4 is 0 Å². The Morgan fingerprint density at radius 1 is 1.54 bits per heavy atom. The SMILES string of the molecule is CCC1(c2cc(Br)cs2)OCCO1. The Balaban J connectivity index is 2.30. The molecule has 0 saturated carbocycles. The van der Waals surface area contributed by atoms with Crippen molar-refractivity contribution in [1.82, 2.24) is 0 Å². The van der Waals surface area contributed by atoms with Crippen molar-refractivity contribution < 1.29 is 9.47 Å². The number of halogens is 1. The highest BCUT2D eigenvalue weighted by Gasteiger charge is 2.37. The van der Waals surface area contributed by atoms with Crippen molar-refractivity contribution in [3.05, 3.63) is 20.8 Å². The van der Waals surface area contributed by atoms with E-state index in [9.17, 15) is 0 Å². The molecule has 13 heavy (non-hydrogen) atoms. The van der Waals surface area contributed by atoms with Crippen molar-refractivity contribution in [1.29, 1.82) is 0 Å². The van der Waals surface area contributed by atoms with Crippen molar-refractivity contribution >= 4 is 27.3 Å². The van der Waals surface area contributed by atoms with E-state index in [-0.39, 0.29) is 0 Å². The third-order valence-electron chi connectivity index (χ3n) is 2.16. The summed E-state index contributed by atoms with van der Waals surface area (Å²) in [4.78, 5) is 1.15. The average molecular weight is 263 g/mol. The molecule has 2 nitrogen and oxygen atoms in total. The summed E-state index contributed by atoms with van der Waals surface area (Å²) in [6, 6.07) is 2.07. The Bertz CT molecular complexity index is 292.